The average Bonchev–Trinajstić information content (AvgIpc) is 2.30. The summed E-state index contributed by atoms with van der Waals surface area (Å²) < 4.78 is 0. The fourth-order valence-corrected chi connectivity index (χ4v) is 2.43. The Labute approximate surface area is 96.5 Å². The summed E-state index contributed by atoms with van der Waals surface area (Å²) in [5.74, 6) is 0.471. The van der Waals surface area contributed by atoms with Crippen LogP contribution in [0.3, 0.4) is 0 Å². The van der Waals surface area contributed by atoms with Gasteiger partial charge in [0, 0.05) is 19.1 Å². The second kappa shape index (κ2) is 5.11. The number of nitrogens with two attached hydrogens (primary N) is 1. The number of hydrogen-bond donors (Lipinski definition) is 1. The molecule has 1 aliphatic heterocycles. The second-order valence-corrected chi connectivity index (χ2v) is 4.46. The number of piperidine rings is 1. The molecule has 0 amide bonds. The highest BCUT2D eigenvalue weighted by atomic mass is 15.1. The van der Waals surface area contributed by atoms with Crippen LogP contribution in [-0.2, 0) is 0 Å². The molecule has 84 valence electrons. The van der Waals surface area contributed by atoms with Crippen LogP contribution in [0.25, 0.3) is 0 Å². The van der Waals surface area contributed by atoms with E-state index in [0.29, 0.717) is 12.5 Å². The highest BCUT2D eigenvalue weighted by Crippen LogP contribution is 2.25. The van der Waals surface area contributed by atoms with Gasteiger partial charge in [0.05, 0.1) is 12.6 Å². The summed E-state index contributed by atoms with van der Waals surface area (Å²) in [5.41, 5.74) is 7.37. The zero-order valence-electron chi connectivity index (χ0n) is 9.34. The first-order chi connectivity index (χ1) is 7.79. The fraction of sp³-hybridized carbons (Fsp3) is 0.462. The van der Waals surface area contributed by atoms with Gasteiger partial charge in [-0.3, -0.25) is 4.90 Å². The van der Waals surface area contributed by atoms with Gasteiger partial charge >= 0.3 is 0 Å². The van der Waals surface area contributed by atoms with E-state index in [-0.39, 0.29) is 6.04 Å². The van der Waals surface area contributed by atoms with Gasteiger partial charge in [0.25, 0.3) is 0 Å². The maximum Gasteiger partial charge on any atom is 0.0866 e. The number of likely N-dealkylation sites (tertiary alicyclic amines) is 1. The summed E-state index contributed by atoms with van der Waals surface area (Å²) in [6, 6.07) is 12.8. The predicted molar refractivity (Wildman–Crippen MR) is 63.8 cm³/mol. The highest BCUT2D eigenvalue weighted by molar-refractivity contribution is 5.21. The first-order valence-corrected chi connectivity index (χ1v) is 5.69. The second-order valence-electron chi connectivity index (χ2n) is 4.46. The van der Waals surface area contributed by atoms with Crippen LogP contribution in [-0.4, -0.2) is 30.6 Å². The molecule has 3 heteroatoms. The summed E-state index contributed by atoms with van der Waals surface area (Å²) in [6.07, 6.45) is 1.02. The first kappa shape index (κ1) is 11.1. The van der Waals surface area contributed by atoms with Crippen LogP contribution < -0.4 is 5.73 Å². The Balaban J connectivity index is 2.08. The third-order valence-corrected chi connectivity index (χ3v) is 3.12. The Morgan fingerprint density at radius 2 is 2.06 bits per heavy atom. The summed E-state index contributed by atoms with van der Waals surface area (Å²) in [4.78, 5) is 2.14. The van der Waals surface area contributed by atoms with Crippen LogP contribution in [0.4, 0.5) is 0 Å². The summed E-state index contributed by atoms with van der Waals surface area (Å²) in [6.45, 7) is 2.28. The van der Waals surface area contributed by atoms with Crippen molar-refractivity contribution in [3.8, 4) is 6.07 Å². The van der Waals surface area contributed by atoms with Gasteiger partial charge in [0.15, 0.2) is 0 Å². The lowest BCUT2D eigenvalue weighted by atomic mass is 9.88. The van der Waals surface area contributed by atoms with E-state index < -0.39 is 0 Å². The third-order valence-electron chi connectivity index (χ3n) is 3.12. The van der Waals surface area contributed by atoms with Crippen LogP contribution in [0.2, 0.25) is 0 Å². The molecule has 1 aromatic carbocycles. The zero-order chi connectivity index (χ0) is 11.4. The van der Waals surface area contributed by atoms with Crippen LogP contribution in [0.5, 0.6) is 0 Å². The standard InChI is InChI=1S/C13H17N3/c14-6-7-16-9-12(8-13(15)10-16)11-4-2-1-3-5-11/h1-5,12-13H,7-10,15H2. The maximum atomic E-state index is 8.73. The molecular formula is C13H17N3. The Morgan fingerprint density at radius 3 is 2.75 bits per heavy atom. The van der Waals surface area contributed by atoms with E-state index in [1.54, 1.807) is 0 Å². The molecule has 2 unspecified atom stereocenters. The van der Waals surface area contributed by atoms with E-state index in [2.05, 4.69) is 35.2 Å². The van der Waals surface area contributed by atoms with Crippen molar-refractivity contribution >= 4 is 0 Å². The normalized spacial score (nSPS) is 26.2. The summed E-state index contributed by atoms with van der Waals surface area (Å²) in [7, 11) is 0. The quantitative estimate of drug-likeness (QED) is 0.757. The van der Waals surface area contributed by atoms with Gasteiger partial charge in [-0.25, -0.2) is 0 Å². The van der Waals surface area contributed by atoms with E-state index in [1.165, 1.54) is 5.56 Å². The number of benzene rings is 1. The van der Waals surface area contributed by atoms with Gasteiger partial charge in [-0.2, -0.15) is 5.26 Å². The smallest absolute Gasteiger partial charge is 0.0866 e. The van der Waals surface area contributed by atoms with Crippen LogP contribution in [0.1, 0.15) is 17.9 Å². The van der Waals surface area contributed by atoms with E-state index in [1.807, 2.05) is 6.07 Å². The van der Waals surface area contributed by atoms with Crippen LogP contribution in [0.15, 0.2) is 30.3 Å². The summed E-state index contributed by atoms with van der Waals surface area (Å²) >= 11 is 0. The van der Waals surface area contributed by atoms with Gasteiger partial charge in [-0.1, -0.05) is 30.3 Å². The minimum absolute atomic E-state index is 0.187. The van der Waals surface area contributed by atoms with Gasteiger partial charge in [-0.15, -0.1) is 0 Å². The zero-order valence-corrected chi connectivity index (χ0v) is 9.34. The lowest BCUT2D eigenvalue weighted by molar-refractivity contribution is 0.209. The van der Waals surface area contributed by atoms with E-state index in [4.69, 9.17) is 11.0 Å². The lowest BCUT2D eigenvalue weighted by Gasteiger charge is -2.35. The van der Waals surface area contributed by atoms with Gasteiger partial charge in [0.1, 0.15) is 0 Å². The molecule has 0 saturated carbocycles. The van der Waals surface area contributed by atoms with E-state index in [0.717, 1.165) is 19.5 Å². The predicted octanol–water partition coefficient (Wildman–Crippen LogP) is 1.33. The summed E-state index contributed by atoms with van der Waals surface area (Å²) in [5, 5.41) is 8.73. The van der Waals surface area contributed by atoms with Gasteiger partial charge < -0.3 is 5.73 Å². The molecule has 1 saturated heterocycles. The minimum atomic E-state index is 0.187. The van der Waals surface area contributed by atoms with Crippen LogP contribution >= 0.6 is 0 Å². The average molecular weight is 215 g/mol. The third kappa shape index (κ3) is 2.60. The van der Waals surface area contributed by atoms with Crippen molar-refractivity contribution in [3.63, 3.8) is 0 Å². The van der Waals surface area contributed by atoms with Crippen LogP contribution in [0, 0.1) is 11.3 Å². The highest BCUT2D eigenvalue weighted by Gasteiger charge is 2.25. The van der Waals surface area contributed by atoms with Crippen molar-refractivity contribution in [1.82, 2.24) is 4.90 Å². The molecular weight excluding hydrogens is 198 g/mol. The van der Waals surface area contributed by atoms with E-state index in [9.17, 15) is 0 Å². The molecule has 1 heterocycles. The Hall–Kier alpha value is -1.37. The van der Waals surface area contributed by atoms with Gasteiger partial charge in [0.2, 0.25) is 0 Å². The van der Waals surface area contributed by atoms with Crippen molar-refractivity contribution in [3.05, 3.63) is 35.9 Å². The molecule has 0 bridgehead atoms. The van der Waals surface area contributed by atoms with Crippen molar-refractivity contribution < 1.29 is 0 Å². The molecule has 2 rings (SSSR count). The van der Waals surface area contributed by atoms with Crippen molar-refractivity contribution in [2.24, 2.45) is 5.73 Å². The topological polar surface area (TPSA) is 53.0 Å². The van der Waals surface area contributed by atoms with E-state index >= 15 is 0 Å². The lowest BCUT2D eigenvalue weighted by Crippen LogP contribution is -2.46. The number of nitriles is 1. The maximum absolute atomic E-state index is 8.73. The Morgan fingerprint density at radius 1 is 1.31 bits per heavy atom. The fourth-order valence-electron chi connectivity index (χ4n) is 2.43. The van der Waals surface area contributed by atoms with Crippen molar-refractivity contribution in [2.75, 3.05) is 19.6 Å². The largest absolute Gasteiger partial charge is 0.327 e. The molecule has 2 N–H and O–H groups in total. The monoisotopic (exact) mass is 215 g/mol. The number of rotatable bonds is 2. The van der Waals surface area contributed by atoms with Crippen molar-refractivity contribution in [1.29, 1.82) is 5.26 Å². The van der Waals surface area contributed by atoms with Crippen molar-refractivity contribution in [2.45, 2.75) is 18.4 Å². The molecule has 0 aliphatic carbocycles. The molecule has 1 fully saturated rings. The number of nitrogens with zero attached hydrogens (tertiary/aromatic N) is 2. The molecule has 1 aliphatic rings. The Bertz CT molecular complexity index is 369. The van der Waals surface area contributed by atoms with Gasteiger partial charge in [-0.05, 0) is 17.9 Å². The number of hydrogen-bond acceptors (Lipinski definition) is 3. The first-order valence-electron chi connectivity index (χ1n) is 5.69. The molecule has 2 atom stereocenters. The molecule has 0 aromatic heterocycles. The molecule has 0 radical (unpaired) electrons. The molecule has 1 aromatic rings. The minimum Gasteiger partial charge on any atom is -0.327 e. The molecule has 16 heavy (non-hydrogen) atoms. The Kier molecular flexibility index (Phi) is 3.55. The SMILES string of the molecule is N#CCN1CC(N)CC(c2ccccc2)C1. The molecule has 3 nitrogen and oxygen atoms in total. The molecule has 0 spiro atoms.